The largest absolute Gasteiger partial charge is 0.394 e. The van der Waals surface area contributed by atoms with Crippen LogP contribution >= 0.6 is 0 Å². The molecule has 0 bridgehead atoms. The van der Waals surface area contributed by atoms with Gasteiger partial charge in [0.1, 0.15) is 42.7 Å². The summed E-state index contributed by atoms with van der Waals surface area (Å²) in [5.41, 5.74) is 0. The molecule has 1 aliphatic rings. The highest BCUT2D eigenvalue weighted by atomic mass is 16.7. The van der Waals surface area contributed by atoms with Crippen molar-refractivity contribution in [3.63, 3.8) is 0 Å². The number of aldehydes is 1. The molecule has 0 aliphatic carbocycles. The molecule has 0 unspecified atom stereocenters. The monoisotopic (exact) mass is 312 g/mol. The highest BCUT2D eigenvalue weighted by molar-refractivity contribution is 5.56. The highest BCUT2D eigenvalue weighted by Gasteiger charge is 2.45. The number of aliphatic hydroxyl groups excluding tert-OH is 7. The van der Waals surface area contributed by atoms with Crippen LogP contribution in [-0.4, -0.2) is 104 Å². The molecule has 0 amide bonds. The molecule has 8 atom stereocenters. The maximum absolute atomic E-state index is 10.4. The zero-order chi connectivity index (χ0) is 16.2. The van der Waals surface area contributed by atoms with Crippen LogP contribution < -0.4 is 0 Å². The Labute approximate surface area is 119 Å². The van der Waals surface area contributed by atoms with Crippen molar-refractivity contribution in [1.82, 2.24) is 0 Å². The van der Waals surface area contributed by atoms with Crippen molar-refractivity contribution in [2.75, 3.05) is 13.2 Å². The number of hydrogen-bond donors (Lipinski definition) is 7. The summed E-state index contributed by atoms with van der Waals surface area (Å²) in [5.74, 6) is 0. The van der Waals surface area contributed by atoms with E-state index in [0.717, 1.165) is 0 Å². The van der Waals surface area contributed by atoms with Gasteiger partial charge in [-0.3, -0.25) is 0 Å². The second-order valence-electron chi connectivity index (χ2n) is 4.67. The first-order valence-corrected chi connectivity index (χ1v) is 6.25. The summed E-state index contributed by atoms with van der Waals surface area (Å²) in [4.78, 5) is 10.4. The molecule has 1 saturated heterocycles. The van der Waals surface area contributed by atoms with Gasteiger partial charge in [0.15, 0.2) is 12.6 Å². The maximum atomic E-state index is 10.4. The predicted molar refractivity (Wildman–Crippen MR) is 63.8 cm³/mol. The molecule has 0 aromatic carbocycles. The number of carbonyl (C=O) groups excluding carboxylic acids is 1. The molecule has 0 spiro atoms. The first-order valence-electron chi connectivity index (χ1n) is 6.25. The van der Waals surface area contributed by atoms with Gasteiger partial charge >= 0.3 is 0 Å². The van der Waals surface area contributed by atoms with Crippen molar-refractivity contribution in [2.45, 2.75) is 49.0 Å². The van der Waals surface area contributed by atoms with Crippen LogP contribution in [0.1, 0.15) is 0 Å². The standard InChI is InChI=1S/C11H20O10/c12-1-4(15)7(16)5(2-13)20-11-10(19)9(18)8(17)6(3-14)21-11/h1,4-11,13-19H,2-3H2/t4-,5+,6+,7+,8-,9-,10+,11+/m0/s1. The summed E-state index contributed by atoms with van der Waals surface area (Å²) in [7, 11) is 0. The minimum Gasteiger partial charge on any atom is -0.394 e. The van der Waals surface area contributed by atoms with E-state index in [1.807, 2.05) is 0 Å². The van der Waals surface area contributed by atoms with E-state index in [0.29, 0.717) is 0 Å². The zero-order valence-corrected chi connectivity index (χ0v) is 11.0. The molecule has 0 aromatic heterocycles. The fourth-order valence-corrected chi connectivity index (χ4v) is 1.88. The van der Waals surface area contributed by atoms with Crippen molar-refractivity contribution >= 4 is 6.29 Å². The van der Waals surface area contributed by atoms with Gasteiger partial charge in [-0.15, -0.1) is 0 Å². The molecule has 0 radical (unpaired) electrons. The van der Waals surface area contributed by atoms with Gasteiger partial charge in [0, 0.05) is 0 Å². The van der Waals surface area contributed by atoms with E-state index in [2.05, 4.69) is 0 Å². The lowest BCUT2D eigenvalue weighted by Gasteiger charge is -2.41. The van der Waals surface area contributed by atoms with Gasteiger partial charge in [-0.05, 0) is 0 Å². The van der Waals surface area contributed by atoms with Gasteiger partial charge in [-0.2, -0.15) is 0 Å². The number of hydrogen-bond acceptors (Lipinski definition) is 10. The molecule has 7 N–H and O–H groups in total. The Kier molecular flexibility index (Phi) is 7.06. The minimum absolute atomic E-state index is 0.0317. The van der Waals surface area contributed by atoms with Crippen LogP contribution in [0.5, 0.6) is 0 Å². The molecular weight excluding hydrogens is 292 g/mol. The second kappa shape index (κ2) is 8.08. The Morgan fingerprint density at radius 2 is 1.71 bits per heavy atom. The molecule has 10 heteroatoms. The third-order valence-corrected chi connectivity index (χ3v) is 3.21. The van der Waals surface area contributed by atoms with Crippen molar-refractivity contribution in [3.8, 4) is 0 Å². The summed E-state index contributed by atoms with van der Waals surface area (Å²) in [5, 5.41) is 65.6. The average Bonchev–Trinajstić information content (AvgIpc) is 2.50. The maximum Gasteiger partial charge on any atom is 0.187 e. The van der Waals surface area contributed by atoms with Crippen LogP contribution in [0.2, 0.25) is 0 Å². The lowest BCUT2D eigenvalue weighted by molar-refractivity contribution is -0.320. The summed E-state index contributed by atoms with van der Waals surface area (Å²) in [6.07, 6.45) is -12.9. The molecule has 1 rings (SSSR count). The van der Waals surface area contributed by atoms with E-state index in [1.54, 1.807) is 0 Å². The molecule has 10 nitrogen and oxygen atoms in total. The summed E-state index contributed by atoms with van der Waals surface area (Å²) < 4.78 is 10.0. The van der Waals surface area contributed by atoms with Gasteiger partial charge < -0.3 is 50.0 Å². The van der Waals surface area contributed by atoms with E-state index in [-0.39, 0.29) is 6.29 Å². The van der Waals surface area contributed by atoms with Gasteiger partial charge in [0.2, 0.25) is 0 Å². The number of carbonyl (C=O) groups is 1. The van der Waals surface area contributed by atoms with Crippen molar-refractivity contribution in [1.29, 1.82) is 0 Å². The smallest absolute Gasteiger partial charge is 0.187 e. The van der Waals surface area contributed by atoms with Crippen LogP contribution in [0.25, 0.3) is 0 Å². The topological polar surface area (TPSA) is 177 Å². The molecular formula is C11H20O10. The molecule has 1 fully saturated rings. The van der Waals surface area contributed by atoms with Gasteiger partial charge in [-0.1, -0.05) is 0 Å². The minimum atomic E-state index is -1.83. The third kappa shape index (κ3) is 4.16. The van der Waals surface area contributed by atoms with Gasteiger partial charge in [0.25, 0.3) is 0 Å². The number of aliphatic hydroxyl groups is 7. The first kappa shape index (κ1) is 18.4. The van der Waals surface area contributed by atoms with E-state index in [1.165, 1.54) is 0 Å². The summed E-state index contributed by atoms with van der Waals surface area (Å²) in [6.45, 7) is -1.49. The third-order valence-electron chi connectivity index (χ3n) is 3.21. The number of rotatable bonds is 7. The van der Waals surface area contributed by atoms with Crippen LogP contribution in [0, 0.1) is 0 Å². The fourth-order valence-electron chi connectivity index (χ4n) is 1.88. The van der Waals surface area contributed by atoms with Crippen LogP contribution in [0.15, 0.2) is 0 Å². The van der Waals surface area contributed by atoms with E-state index in [4.69, 9.17) is 19.7 Å². The number of ether oxygens (including phenoxy) is 2. The van der Waals surface area contributed by atoms with Crippen molar-refractivity contribution in [2.24, 2.45) is 0 Å². The molecule has 0 saturated carbocycles. The Hall–Kier alpha value is -0.690. The Balaban J connectivity index is 2.76. The van der Waals surface area contributed by atoms with Crippen LogP contribution in [0.4, 0.5) is 0 Å². The van der Waals surface area contributed by atoms with E-state index >= 15 is 0 Å². The molecule has 1 aliphatic heterocycles. The van der Waals surface area contributed by atoms with Crippen molar-refractivity contribution in [3.05, 3.63) is 0 Å². The summed E-state index contributed by atoms with van der Waals surface area (Å²) in [6, 6.07) is 0. The molecule has 124 valence electrons. The Bertz CT molecular complexity index is 324. The van der Waals surface area contributed by atoms with E-state index < -0.39 is 62.2 Å². The zero-order valence-electron chi connectivity index (χ0n) is 11.0. The Morgan fingerprint density at radius 3 is 2.19 bits per heavy atom. The normalized spacial score (nSPS) is 37.8. The van der Waals surface area contributed by atoms with Crippen LogP contribution in [0.3, 0.4) is 0 Å². The van der Waals surface area contributed by atoms with E-state index in [9.17, 15) is 30.3 Å². The fraction of sp³-hybridized carbons (Fsp3) is 0.909. The van der Waals surface area contributed by atoms with Gasteiger partial charge in [0.05, 0.1) is 13.2 Å². The Morgan fingerprint density at radius 1 is 1.10 bits per heavy atom. The predicted octanol–water partition coefficient (Wildman–Crippen LogP) is -4.92. The average molecular weight is 312 g/mol. The SMILES string of the molecule is O=C[C@H](O)[C@@H](O)[C@@H](CO)O[C@@H]1O[C@H](CO)[C@H](O)[C@H](O)[C@H]1O. The molecule has 0 aromatic rings. The first-order chi connectivity index (χ1) is 9.87. The van der Waals surface area contributed by atoms with Gasteiger partial charge in [-0.25, -0.2) is 0 Å². The molecule has 1 heterocycles. The van der Waals surface area contributed by atoms with Crippen molar-refractivity contribution < 1.29 is 50.0 Å². The lowest BCUT2D eigenvalue weighted by atomic mass is 9.99. The van der Waals surface area contributed by atoms with Crippen LogP contribution in [-0.2, 0) is 14.3 Å². The quantitative estimate of drug-likeness (QED) is 0.225. The lowest BCUT2D eigenvalue weighted by Crippen LogP contribution is -2.60. The highest BCUT2D eigenvalue weighted by Crippen LogP contribution is 2.23. The second-order valence-corrected chi connectivity index (χ2v) is 4.67. The molecule has 21 heavy (non-hydrogen) atoms. The summed E-state index contributed by atoms with van der Waals surface area (Å²) >= 11 is 0.